The number of halogens is 1. The fourth-order valence-corrected chi connectivity index (χ4v) is 1.38. The molecule has 0 aliphatic heterocycles. The van der Waals surface area contributed by atoms with Crippen molar-refractivity contribution in [1.29, 1.82) is 0 Å². The molecule has 2 aromatic rings. The quantitative estimate of drug-likeness (QED) is 0.578. The van der Waals surface area contributed by atoms with Crippen LogP contribution in [0.2, 0.25) is 0 Å². The second-order valence-corrected chi connectivity index (χ2v) is 3.20. The van der Waals surface area contributed by atoms with E-state index >= 15 is 0 Å². The first-order chi connectivity index (χ1) is 7.59. The maximum absolute atomic E-state index is 12.7. The molecule has 0 saturated carbocycles. The second kappa shape index (κ2) is 3.73. The van der Waals surface area contributed by atoms with E-state index in [2.05, 4.69) is 5.16 Å². The summed E-state index contributed by atoms with van der Waals surface area (Å²) in [7, 11) is 0. The number of aryl methyl sites for hydroxylation is 1. The highest BCUT2D eigenvalue weighted by Crippen LogP contribution is 2.31. The van der Waals surface area contributed by atoms with E-state index in [0.717, 1.165) is 0 Å². The summed E-state index contributed by atoms with van der Waals surface area (Å²) in [6, 6.07) is 5.26. The summed E-state index contributed by atoms with van der Waals surface area (Å²) in [6.45, 7) is 1.46. The van der Waals surface area contributed by atoms with E-state index in [0.29, 0.717) is 5.56 Å². The first kappa shape index (κ1) is 10.3. The zero-order valence-corrected chi connectivity index (χ0v) is 8.31. The lowest BCUT2D eigenvalue weighted by atomic mass is 10.1. The van der Waals surface area contributed by atoms with Gasteiger partial charge < -0.3 is 4.52 Å². The van der Waals surface area contributed by atoms with Crippen LogP contribution in [-0.4, -0.2) is 10.1 Å². The number of aromatic nitrogens is 1. The van der Waals surface area contributed by atoms with Gasteiger partial charge in [0, 0.05) is 12.5 Å². The van der Waals surface area contributed by atoms with Crippen LogP contribution in [0, 0.1) is 22.9 Å². The molecule has 0 unspecified atom stereocenters. The Bertz CT molecular complexity index is 533. The summed E-state index contributed by atoms with van der Waals surface area (Å²) in [4.78, 5) is 10.2. The van der Waals surface area contributed by atoms with Crippen LogP contribution in [-0.2, 0) is 0 Å². The van der Waals surface area contributed by atoms with Crippen LogP contribution in [0.1, 0.15) is 5.76 Å². The van der Waals surface area contributed by atoms with Crippen molar-refractivity contribution in [2.24, 2.45) is 0 Å². The van der Waals surface area contributed by atoms with E-state index in [1.165, 1.54) is 31.2 Å². The minimum Gasteiger partial charge on any atom is -0.354 e. The Morgan fingerprint density at radius 3 is 2.56 bits per heavy atom. The standard InChI is InChI=1S/C10H7FN2O3/c1-6-10(13(14)15)9(12-16-6)7-2-4-8(11)5-3-7/h2-5H,1H3. The van der Waals surface area contributed by atoms with Crippen LogP contribution in [0.25, 0.3) is 11.3 Å². The molecule has 6 heteroatoms. The topological polar surface area (TPSA) is 69.2 Å². The average Bonchev–Trinajstić information content (AvgIpc) is 2.61. The maximum Gasteiger partial charge on any atom is 0.339 e. The third kappa shape index (κ3) is 1.65. The summed E-state index contributed by atoms with van der Waals surface area (Å²) >= 11 is 0. The number of benzene rings is 1. The summed E-state index contributed by atoms with van der Waals surface area (Å²) in [6.07, 6.45) is 0. The molecule has 0 N–H and O–H groups in total. The van der Waals surface area contributed by atoms with E-state index in [-0.39, 0.29) is 17.1 Å². The normalized spacial score (nSPS) is 10.4. The van der Waals surface area contributed by atoms with Gasteiger partial charge in [-0.05, 0) is 24.3 Å². The Labute approximate surface area is 89.6 Å². The van der Waals surface area contributed by atoms with Gasteiger partial charge in [0.1, 0.15) is 5.82 Å². The van der Waals surface area contributed by atoms with Gasteiger partial charge in [0.25, 0.3) is 0 Å². The highest BCUT2D eigenvalue weighted by atomic mass is 19.1. The van der Waals surface area contributed by atoms with Gasteiger partial charge in [-0.25, -0.2) is 4.39 Å². The van der Waals surface area contributed by atoms with Crippen LogP contribution in [0.3, 0.4) is 0 Å². The fraction of sp³-hybridized carbons (Fsp3) is 0.100. The molecule has 1 heterocycles. The lowest BCUT2D eigenvalue weighted by Gasteiger charge is -1.95. The van der Waals surface area contributed by atoms with Crippen molar-refractivity contribution in [3.63, 3.8) is 0 Å². The number of hydrogen-bond donors (Lipinski definition) is 0. The van der Waals surface area contributed by atoms with Crippen LogP contribution in [0.5, 0.6) is 0 Å². The average molecular weight is 222 g/mol. The van der Waals surface area contributed by atoms with Crippen molar-refractivity contribution in [3.05, 3.63) is 46.0 Å². The minimum atomic E-state index is -0.565. The van der Waals surface area contributed by atoms with Crippen molar-refractivity contribution in [1.82, 2.24) is 5.16 Å². The van der Waals surface area contributed by atoms with E-state index < -0.39 is 10.7 Å². The molecular weight excluding hydrogens is 215 g/mol. The van der Waals surface area contributed by atoms with Crippen LogP contribution >= 0.6 is 0 Å². The predicted octanol–water partition coefficient (Wildman–Crippen LogP) is 2.70. The summed E-state index contributed by atoms with van der Waals surface area (Å²) < 4.78 is 17.4. The monoisotopic (exact) mass is 222 g/mol. The summed E-state index contributed by atoms with van der Waals surface area (Å²) in [5.74, 6) is -0.282. The lowest BCUT2D eigenvalue weighted by Crippen LogP contribution is -1.91. The van der Waals surface area contributed by atoms with Crippen molar-refractivity contribution in [2.45, 2.75) is 6.92 Å². The van der Waals surface area contributed by atoms with Crippen LogP contribution in [0.15, 0.2) is 28.8 Å². The van der Waals surface area contributed by atoms with Gasteiger partial charge in [0.15, 0.2) is 5.69 Å². The van der Waals surface area contributed by atoms with Gasteiger partial charge in [-0.15, -0.1) is 0 Å². The molecule has 1 aromatic carbocycles. The molecule has 0 bridgehead atoms. The predicted molar refractivity (Wildman–Crippen MR) is 53.3 cm³/mol. The van der Waals surface area contributed by atoms with Gasteiger partial charge in [-0.3, -0.25) is 10.1 Å². The first-order valence-corrected chi connectivity index (χ1v) is 4.46. The van der Waals surface area contributed by atoms with Gasteiger partial charge in [-0.1, -0.05) is 5.16 Å². The Balaban J connectivity index is 2.56. The molecule has 2 rings (SSSR count). The van der Waals surface area contributed by atoms with E-state index in [4.69, 9.17) is 4.52 Å². The van der Waals surface area contributed by atoms with Crippen molar-refractivity contribution in [3.8, 4) is 11.3 Å². The molecule has 0 aliphatic rings. The smallest absolute Gasteiger partial charge is 0.339 e. The zero-order chi connectivity index (χ0) is 11.7. The Hall–Kier alpha value is -2.24. The molecule has 0 saturated heterocycles. The molecule has 5 nitrogen and oxygen atoms in total. The SMILES string of the molecule is Cc1onc(-c2ccc(F)cc2)c1[N+](=O)[O-]. The lowest BCUT2D eigenvalue weighted by molar-refractivity contribution is -0.385. The Morgan fingerprint density at radius 1 is 1.38 bits per heavy atom. The Morgan fingerprint density at radius 2 is 2.00 bits per heavy atom. The number of hydrogen-bond acceptors (Lipinski definition) is 4. The Kier molecular flexibility index (Phi) is 2.40. The third-order valence-corrected chi connectivity index (χ3v) is 2.13. The minimum absolute atomic E-state index is 0.113. The van der Waals surface area contributed by atoms with Crippen LogP contribution in [0.4, 0.5) is 10.1 Å². The maximum atomic E-state index is 12.7. The molecule has 0 radical (unpaired) electrons. The zero-order valence-electron chi connectivity index (χ0n) is 8.31. The molecule has 0 atom stereocenters. The van der Waals surface area contributed by atoms with Crippen molar-refractivity contribution in [2.75, 3.05) is 0 Å². The number of nitrogens with zero attached hydrogens (tertiary/aromatic N) is 2. The van der Waals surface area contributed by atoms with Crippen molar-refractivity contribution < 1.29 is 13.8 Å². The van der Waals surface area contributed by atoms with Gasteiger partial charge >= 0.3 is 5.69 Å². The first-order valence-electron chi connectivity index (χ1n) is 4.46. The molecular formula is C10H7FN2O3. The molecule has 0 spiro atoms. The number of rotatable bonds is 2. The molecule has 82 valence electrons. The molecule has 0 amide bonds. The van der Waals surface area contributed by atoms with Gasteiger partial charge in [0.05, 0.1) is 4.92 Å². The van der Waals surface area contributed by atoms with E-state index in [1.807, 2.05) is 0 Å². The van der Waals surface area contributed by atoms with Crippen molar-refractivity contribution >= 4 is 5.69 Å². The third-order valence-electron chi connectivity index (χ3n) is 2.13. The van der Waals surface area contributed by atoms with Gasteiger partial charge in [0.2, 0.25) is 5.76 Å². The molecule has 1 aromatic heterocycles. The number of nitro groups is 1. The summed E-state index contributed by atoms with van der Waals surface area (Å²) in [5, 5.41) is 14.4. The highest BCUT2D eigenvalue weighted by Gasteiger charge is 2.24. The molecule has 0 aliphatic carbocycles. The fourth-order valence-electron chi connectivity index (χ4n) is 1.38. The second-order valence-electron chi connectivity index (χ2n) is 3.20. The summed E-state index contributed by atoms with van der Waals surface area (Å²) in [5.41, 5.74) is 0.374. The highest BCUT2D eigenvalue weighted by molar-refractivity contribution is 5.69. The van der Waals surface area contributed by atoms with E-state index in [1.54, 1.807) is 0 Å². The largest absolute Gasteiger partial charge is 0.354 e. The van der Waals surface area contributed by atoms with Crippen LogP contribution < -0.4 is 0 Å². The molecule has 16 heavy (non-hydrogen) atoms. The van der Waals surface area contributed by atoms with Gasteiger partial charge in [-0.2, -0.15) is 0 Å². The molecule has 0 fully saturated rings. The van der Waals surface area contributed by atoms with E-state index in [9.17, 15) is 14.5 Å².